The van der Waals surface area contributed by atoms with Crippen molar-refractivity contribution in [1.29, 1.82) is 0 Å². The van der Waals surface area contributed by atoms with Crippen molar-refractivity contribution in [3.05, 3.63) is 53.1 Å². The van der Waals surface area contributed by atoms with Crippen molar-refractivity contribution < 1.29 is 37.4 Å². The van der Waals surface area contributed by atoms with Gasteiger partial charge in [0.25, 0.3) is 5.91 Å². The monoisotopic (exact) mass is 494 g/mol. The summed E-state index contributed by atoms with van der Waals surface area (Å²) in [6.07, 6.45) is -1.23. The average Bonchev–Trinajstić information content (AvgIpc) is 3.19. The van der Waals surface area contributed by atoms with E-state index in [1.165, 1.54) is 42.5 Å². The number of rotatable bonds is 6. The van der Waals surface area contributed by atoms with Crippen molar-refractivity contribution in [3.8, 4) is 5.75 Å². The summed E-state index contributed by atoms with van der Waals surface area (Å²) in [5, 5.41) is 12.9. The molecule has 33 heavy (non-hydrogen) atoms. The van der Waals surface area contributed by atoms with Crippen molar-refractivity contribution in [2.24, 2.45) is 0 Å². The van der Waals surface area contributed by atoms with Gasteiger partial charge in [0, 0.05) is 23.6 Å². The molecule has 0 spiro atoms. The highest BCUT2D eigenvalue weighted by atomic mass is 35.5. The van der Waals surface area contributed by atoms with Crippen molar-refractivity contribution in [2.75, 3.05) is 25.1 Å². The van der Waals surface area contributed by atoms with Gasteiger partial charge < -0.3 is 19.9 Å². The molecule has 0 radical (unpaired) electrons. The van der Waals surface area contributed by atoms with E-state index in [0.29, 0.717) is 16.5 Å². The minimum atomic E-state index is -4.11. The summed E-state index contributed by atoms with van der Waals surface area (Å²) in [5.74, 6) is -1.46. The van der Waals surface area contributed by atoms with E-state index in [1.54, 1.807) is 0 Å². The highest BCUT2D eigenvalue weighted by Gasteiger charge is 2.44. The molecule has 10 nitrogen and oxygen atoms in total. The Kier molecular flexibility index (Phi) is 6.39. The molecule has 1 fully saturated rings. The van der Waals surface area contributed by atoms with E-state index in [1.807, 2.05) is 0 Å². The number of nitrogens with zero attached hydrogens (tertiary/aromatic N) is 1. The van der Waals surface area contributed by atoms with Gasteiger partial charge in [-0.1, -0.05) is 11.6 Å². The topological polar surface area (TPSA) is 139 Å². The summed E-state index contributed by atoms with van der Waals surface area (Å²) in [5.41, 5.74) is 0.493. The molecule has 2 aliphatic heterocycles. The first kappa shape index (κ1) is 23.2. The third-order valence-electron chi connectivity index (χ3n) is 5.21. The number of hydrogen-bond donors (Lipinski definition) is 2. The van der Waals surface area contributed by atoms with E-state index in [2.05, 4.69) is 5.32 Å². The fourth-order valence-electron chi connectivity index (χ4n) is 3.58. The predicted octanol–water partition coefficient (Wildman–Crippen LogP) is 1.22. The zero-order chi connectivity index (χ0) is 23.8. The van der Waals surface area contributed by atoms with Gasteiger partial charge in [0.15, 0.2) is 19.0 Å². The molecule has 0 aromatic heterocycles. The zero-order valence-electron chi connectivity index (χ0n) is 17.1. The molecule has 0 bridgehead atoms. The molecular formula is C21H19ClN2O8S. The Labute approximate surface area is 194 Å². The van der Waals surface area contributed by atoms with Gasteiger partial charge in [-0.05, 0) is 42.5 Å². The lowest BCUT2D eigenvalue weighted by Crippen LogP contribution is -2.41. The van der Waals surface area contributed by atoms with Gasteiger partial charge in [0.05, 0.1) is 16.7 Å². The number of anilines is 1. The number of hydrogen-bond acceptors (Lipinski definition) is 8. The number of ether oxygens (including phenoxy) is 2. The first-order chi connectivity index (χ1) is 15.6. The van der Waals surface area contributed by atoms with Crippen LogP contribution in [0, 0.1) is 0 Å². The number of esters is 1. The number of fused-ring (bicyclic) bond motifs is 1. The Hall–Kier alpha value is -2.99. The van der Waals surface area contributed by atoms with E-state index < -0.39 is 40.5 Å². The van der Waals surface area contributed by atoms with E-state index in [0.717, 1.165) is 4.31 Å². The van der Waals surface area contributed by atoms with Crippen LogP contribution in [0.15, 0.2) is 47.4 Å². The number of nitrogens with one attached hydrogen (secondary N) is 1. The van der Waals surface area contributed by atoms with Crippen molar-refractivity contribution in [3.63, 3.8) is 0 Å². The van der Waals surface area contributed by atoms with Crippen LogP contribution in [-0.2, 0) is 24.3 Å². The summed E-state index contributed by atoms with van der Waals surface area (Å²) in [6, 6.07) is 8.49. The smallest absolute Gasteiger partial charge is 0.325 e. The van der Waals surface area contributed by atoms with E-state index in [9.17, 15) is 27.9 Å². The molecule has 0 aliphatic carbocycles. The largest absolute Gasteiger partial charge is 0.482 e. The average molecular weight is 495 g/mol. The van der Waals surface area contributed by atoms with Gasteiger partial charge >= 0.3 is 5.97 Å². The van der Waals surface area contributed by atoms with Crippen molar-refractivity contribution >= 4 is 45.0 Å². The fraction of sp³-hybridized carbons (Fsp3) is 0.286. The minimum Gasteiger partial charge on any atom is -0.482 e. The number of aliphatic hydroxyl groups excluding tert-OH is 1. The lowest BCUT2D eigenvalue weighted by Gasteiger charge is -2.22. The highest BCUT2D eigenvalue weighted by Crippen LogP contribution is 2.30. The third-order valence-corrected chi connectivity index (χ3v) is 7.35. The van der Waals surface area contributed by atoms with Crippen molar-refractivity contribution in [2.45, 2.75) is 23.5 Å². The molecule has 2 aliphatic rings. The first-order valence-electron chi connectivity index (χ1n) is 9.87. The van der Waals surface area contributed by atoms with Crippen LogP contribution in [0.2, 0.25) is 5.02 Å². The second kappa shape index (κ2) is 9.10. The number of sulfonamides is 1. The SMILES string of the molecule is O=C1COc2ccc(C(=O)COC(=O)[C@@H]3C[C@H](O)CN3S(=O)(=O)c3ccc(Cl)cc3)cc2N1. The predicted molar refractivity (Wildman–Crippen MR) is 116 cm³/mol. The number of aliphatic hydroxyl groups is 1. The van der Waals surface area contributed by atoms with Gasteiger partial charge in [-0.25, -0.2) is 8.42 Å². The number of Topliss-reactive ketones (excluding diaryl/α,β-unsaturated/α-hetero) is 1. The molecule has 2 aromatic rings. The van der Waals surface area contributed by atoms with Crippen LogP contribution in [-0.4, -0.2) is 67.4 Å². The third kappa shape index (κ3) is 4.86. The summed E-state index contributed by atoms with van der Waals surface area (Å²) >= 11 is 5.81. The normalized spacial score (nSPS) is 20.5. The maximum absolute atomic E-state index is 13.0. The molecule has 2 N–H and O–H groups in total. The molecule has 0 saturated carbocycles. The van der Waals surface area contributed by atoms with Crippen LogP contribution in [0.3, 0.4) is 0 Å². The number of β-amino-alcohol motifs (C(OH)–C–C–N with tert-alkyl or cyclic N) is 1. The second-order valence-corrected chi connectivity index (χ2v) is 9.84. The molecule has 2 aromatic carbocycles. The Morgan fingerprint density at radius 1 is 1.21 bits per heavy atom. The van der Waals surface area contributed by atoms with Gasteiger partial charge in [-0.3, -0.25) is 14.4 Å². The summed E-state index contributed by atoms with van der Waals surface area (Å²) in [7, 11) is -4.11. The van der Waals surface area contributed by atoms with Crippen LogP contribution < -0.4 is 10.1 Å². The fourth-order valence-corrected chi connectivity index (χ4v) is 5.33. The summed E-state index contributed by atoms with van der Waals surface area (Å²) in [6.45, 7) is -1.06. The quantitative estimate of drug-likeness (QED) is 0.451. The molecular weight excluding hydrogens is 476 g/mol. The molecule has 2 heterocycles. The van der Waals surface area contributed by atoms with Crippen LogP contribution >= 0.6 is 11.6 Å². The highest BCUT2D eigenvalue weighted by molar-refractivity contribution is 7.89. The van der Waals surface area contributed by atoms with Crippen LogP contribution in [0.25, 0.3) is 0 Å². The number of ketones is 1. The Morgan fingerprint density at radius 2 is 1.94 bits per heavy atom. The van der Waals surface area contributed by atoms with Crippen molar-refractivity contribution in [1.82, 2.24) is 4.31 Å². The van der Waals surface area contributed by atoms with Crippen LogP contribution in [0.5, 0.6) is 5.75 Å². The Morgan fingerprint density at radius 3 is 2.67 bits per heavy atom. The van der Waals surface area contributed by atoms with Gasteiger partial charge in [0.1, 0.15) is 11.8 Å². The number of halogens is 1. The van der Waals surface area contributed by atoms with Crippen LogP contribution in [0.1, 0.15) is 16.8 Å². The molecule has 4 rings (SSSR count). The maximum Gasteiger partial charge on any atom is 0.325 e. The van der Waals surface area contributed by atoms with E-state index >= 15 is 0 Å². The lowest BCUT2D eigenvalue weighted by molar-refractivity contribution is -0.146. The van der Waals surface area contributed by atoms with Crippen LogP contribution in [0.4, 0.5) is 5.69 Å². The van der Waals surface area contributed by atoms with E-state index in [4.69, 9.17) is 21.1 Å². The number of benzene rings is 2. The number of amides is 1. The van der Waals surface area contributed by atoms with Gasteiger partial charge in [0.2, 0.25) is 10.0 Å². The second-order valence-electron chi connectivity index (χ2n) is 7.51. The first-order valence-corrected chi connectivity index (χ1v) is 11.7. The summed E-state index contributed by atoms with van der Waals surface area (Å²) in [4.78, 5) is 36.5. The zero-order valence-corrected chi connectivity index (χ0v) is 18.6. The maximum atomic E-state index is 13.0. The number of carbonyl (C=O) groups is 3. The summed E-state index contributed by atoms with van der Waals surface area (Å²) < 4.78 is 37.1. The minimum absolute atomic E-state index is 0.0896. The molecule has 1 saturated heterocycles. The molecule has 0 unspecified atom stereocenters. The lowest BCUT2D eigenvalue weighted by atomic mass is 10.1. The molecule has 1 amide bonds. The molecule has 174 valence electrons. The standard InChI is InChI=1S/C21H19ClN2O8S/c22-13-2-4-15(5-3-13)33(29,30)24-9-14(25)8-17(24)21(28)32-10-18(26)12-1-6-19-16(7-12)23-20(27)11-31-19/h1-7,14,17,25H,8-11H2,(H,23,27)/t14-,17-/m0/s1. The van der Waals surface area contributed by atoms with Gasteiger partial charge in [-0.15, -0.1) is 0 Å². The molecule has 12 heteroatoms. The van der Waals surface area contributed by atoms with Gasteiger partial charge in [-0.2, -0.15) is 4.31 Å². The Bertz CT molecular complexity index is 1220. The number of carbonyl (C=O) groups excluding carboxylic acids is 3. The Balaban J connectivity index is 1.45. The van der Waals surface area contributed by atoms with E-state index in [-0.39, 0.29) is 35.9 Å². The molecule has 2 atom stereocenters.